The SMILES string of the molecule is CC.CCC.CCCN(Cc1ncc(-c2ccc3[nH]c4c(c3c2)C(c2ccc(Cl)cc2)Oc2cc(-c3cnc(C5CCCN5C(=O)CNC(=O)OC)[nH]3)ccc2-4)[nH]1)C(=O)C(NC(=O)OC)C(C)C. The fourth-order valence-corrected chi connectivity index (χ4v) is 8.57. The molecule has 0 aliphatic carbocycles. The molecule has 0 saturated carbocycles. The summed E-state index contributed by atoms with van der Waals surface area (Å²) in [5.74, 6) is 1.40. The number of hydrogen-bond acceptors (Lipinski definition) is 9. The Kier molecular flexibility index (Phi) is 17.3. The van der Waals surface area contributed by atoms with Gasteiger partial charge in [-0.1, -0.05) is 90.8 Å². The lowest BCUT2D eigenvalue weighted by Crippen LogP contribution is -2.51. The van der Waals surface area contributed by atoms with Crippen LogP contribution in [0.4, 0.5) is 9.59 Å². The predicted molar refractivity (Wildman–Crippen MR) is 264 cm³/mol. The summed E-state index contributed by atoms with van der Waals surface area (Å²) in [7, 11) is 2.54. The lowest BCUT2D eigenvalue weighted by molar-refractivity contribution is -0.135. The van der Waals surface area contributed by atoms with Crippen molar-refractivity contribution in [3.05, 3.63) is 101 Å². The van der Waals surface area contributed by atoms with Gasteiger partial charge in [-0.15, -0.1) is 0 Å². The van der Waals surface area contributed by atoms with Gasteiger partial charge in [0, 0.05) is 51.3 Å². The number of nitrogens with one attached hydrogen (secondary N) is 5. The molecule has 4 amide bonds. The van der Waals surface area contributed by atoms with E-state index in [9.17, 15) is 19.2 Å². The van der Waals surface area contributed by atoms with E-state index in [2.05, 4.69) is 55.2 Å². The van der Waals surface area contributed by atoms with Gasteiger partial charge in [0.15, 0.2) is 6.10 Å². The normalized spacial score (nSPS) is 15.1. The number of likely N-dealkylation sites (tertiary alicyclic amines) is 1. The van der Waals surface area contributed by atoms with Gasteiger partial charge < -0.3 is 49.6 Å². The van der Waals surface area contributed by atoms with Crippen LogP contribution >= 0.6 is 11.6 Å². The number of amides is 4. The Morgan fingerprint density at radius 1 is 0.897 bits per heavy atom. The maximum Gasteiger partial charge on any atom is 0.407 e. The van der Waals surface area contributed by atoms with Crippen molar-refractivity contribution in [1.29, 1.82) is 0 Å². The summed E-state index contributed by atoms with van der Waals surface area (Å²) >= 11 is 6.36. The standard InChI is InChI=1S/C46H50ClN9O7.C3H8.C2H6/c1-6-17-55(44(58)40(25(2)3)54-46(60)62-5)24-37-48-21-33(51-37)27-12-16-32-31(19-27)39-41(52-32)30-15-11-28(20-36(30)63-42(39)26-9-13-29(47)14-10-26)34-22-49-43(53-34)35-8-7-18-56(35)38(57)23-50-45(59)61-4;1-3-2;1-2/h9-16,19-22,25,35,40,42,52H,6-8,17-18,23-24H2,1-5H3,(H,48,51)(H,49,53)(H,50,59)(H,54,60);3H2,1-2H3;1-2H3. The summed E-state index contributed by atoms with van der Waals surface area (Å²) < 4.78 is 16.3. The Morgan fingerprint density at radius 2 is 1.57 bits per heavy atom. The van der Waals surface area contributed by atoms with Crippen LogP contribution in [0.2, 0.25) is 5.02 Å². The maximum absolute atomic E-state index is 13.7. The minimum Gasteiger partial charge on any atom is -0.480 e. The third-order valence-corrected chi connectivity index (χ3v) is 11.9. The highest BCUT2D eigenvalue weighted by Crippen LogP contribution is 2.49. The van der Waals surface area contributed by atoms with E-state index in [-0.39, 0.29) is 36.9 Å². The Hall–Kier alpha value is -6.81. The number of H-pyrrole nitrogens is 3. The number of fused-ring (bicyclic) bond motifs is 5. The largest absolute Gasteiger partial charge is 0.480 e. The quantitative estimate of drug-likeness (QED) is 0.0747. The van der Waals surface area contributed by atoms with Crippen molar-refractivity contribution >= 4 is 46.5 Å². The van der Waals surface area contributed by atoms with Crippen LogP contribution in [0, 0.1) is 5.92 Å². The second kappa shape index (κ2) is 23.3. The van der Waals surface area contributed by atoms with Gasteiger partial charge in [0.1, 0.15) is 30.0 Å². The van der Waals surface area contributed by atoms with Crippen LogP contribution < -0.4 is 15.4 Å². The van der Waals surface area contributed by atoms with E-state index in [4.69, 9.17) is 26.1 Å². The molecule has 8 rings (SSSR count). The average Bonchev–Trinajstić information content (AvgIpc) is 4.19. The number of benzene rings is 3. The van der Waals surface area contributed by atoms with Crippen molar-refractivity contribution in [3.8, 4) is 39.5 Å². The van der Waals surface area contributed by atoms with Crippen LogP contribution in [-0.4, -0.2) is 98.6 Å². The lowest BCUT2D eigenvalue weighted by atomic mass is 9.91. The third kappa shape index (κ3) is 11.3. The van der Waals surface area contributed by atoms with Crippen molar-refractivity contribution in [1.82, 2.24) is 45.4 Å². The summed E-state index contributed by atoms with van der Waals surface area (Å²) in [6, 6.07) is 18.9. The Labute approximate surface area is 402 Å². The predicted octanol–water partition coefficient (Wildman–Crippen LogP) is 10.3. The molecule has 3 aromatic heterocycles. The highest BCUT2D eigenvalue weighted by atomic mass is 35.5. The molecular weight excluding hydrogens is 886 g/mol. The maximum atomic E-state index is 13.7. The molecule has 16 nitrogen and oxygen atoms in total. The van der Waals surface area contributed by atoms with E-state index in [1.165, 1.54) is 20.6 Å². The monoisotopic (exact) mass is 949 g/mol. The van der Waals surface area contributed by atoms with Gasteiger partial charge in [-0.25, -0.2) is 19.6 Å². The van der Waals surface area contributed by atoms with Crippen molar-refractivity contribution < 1.29 is 33.4 Å². The first kappa shape index (κ1) is 50.6. The zero-order chi connectivity index (χ0) is 49.1. The molecule has 3 aromatic carbocycles. The summed E-state index contributed by atoms with van der Waals surface area (Å²) in [5, 5.41) is 6.75. The second-order valence-corrected chi connectivity index (χ2v) is 17.2. The van der Waals surface area contributed by atoms with Gasteiger partial charge in [0.2, 0.25) is 11.8 Å². The van der Waals surface area contributed by atoms with Gasteiger partial charge in [-0.2, -0.15) is 0 Å². The van der Waals surface area contributed by atoms with E-state index in [0.29, 0.717) is 35.5 Å². The minimum absolute atomic E-state index is 0.153. The molecule has 2 aliphatic heterocycles. The molecule has 5 N–H and O–H groups in total. The molecule has 2 aliphatic rings. The molecule has 3 atom stereocenters. The zero-order valence-electron chi connectivity index (χ0n) is 40.4. The van der Waals surface area contributed by atoms with E-state index in [0.717, 1.165) is 75.1 Å². The van der Waals surface area contributed by atoms with E-state index < -0.39 is 24.3 Å². The van der Waals surface area contributed by atoms with Gasteiger partial charge in [-0.3, -0.25) is 9.59 Å². The number of alkyl carbamates (subject to hydrolysis) is 2. The molecule has 0 bridgehead atoms. The molecule has 68 heavy (non-hydrogen) atoms. The number of rotatable bonds is 13. The lowest BCUT2D eigenvalue weighted by Gasteiger charge is -2.28. The van der Waals surface area contributed by atoms with Gasteiger partial charge in [0.25, 0.3) is 0 Å². The van der Waals surface area contributed by atoms with Crippen LogP contribution in [-0.2, 0) is 25.6 Å². The Bertz CT molecular complexity index is 2670. The fraction of sp³-hybridized carbons (Fsp3) is 0.412. The van der Waals surface area contributed by atoms with Gasteiger partial charge in [-0.05, 0) is 67.1 Å². The van der Waals surface area contributed by atoms with Crippen molar-refractivity contribution in [2.75, 3.05) is 33.9 Å². The minimum atomic E-state index is -0.747. The highest BCUT2D eigenvalue weighted by molar-refractivity contribution is 6.30. The number of aromatic amines is 3. The number of aromatic nitrogens is 5. The van der Waals surface area contributed by atoms with Crippen LogP contribution in [0.15, 0.2) is 73.1 Å². The smallest absolute Gasteiger partial charge is 0.407 e. The number of hydrogen-bond donors (Lipinski definition) is 5. The number of imidazole rings is 2. The Morgan fingerprint density at radius 3 is 2.26 bits per heavy atom. The molecule has 1 fully saturated rings. The summed E-state index contributed by atoms with van der Waals surface area (Å²) in [4.78, 5) is 73.7. The molecule has 1 saturated heterocycles. The third-order valence-electron chi connectivity index (χ3n) is 11.6. The number of carbonyl (C=O) groups is 4. The van der Waals surface area contributed by atoms with E-state index in [1.54, 1.807) is 22.2 Å². The van der Waals surface area contributed by atoms with Gasteiger partial charge >= 0.3 is 12.2 Å². The molecule has 3 unspecified atom stereocenters. The number of nitrogens with zero attached hydrogens (tertiary/aromatic N) is 4. The number of methoxy groups -OCH3 is 2. The summed E-state index contributed by atoms with van der Waals surface area (Å²) in [6.07, 6.45) is 5.28. The number of carbonyl (C=O) groups excluding carboxylic acids is 4. The van der Waals surface area contributed by atoms with Crippen molar-refractivity contribution in [2.24, 2.45) is 5.92 Å². The first-order valence-electron chi connectivity index (χ1n) is 23.4. The van der Waals surface area contributed by atoms with Crippen LogP contribution in [0.1, 0.15) is 109 Å². The van der Waals surface area contributed by atoms with Crippen LogP contribution in [0.3, 0.4) is 0 Å². The summed E-state index contributed by atoms with van der Waals surface area (Å²) in [6.45, 7) is 15.1. The van der Waals surface area contributed by atoms with E-state index in [1.807, 2.05) is 89.2 Å². The van der Waals surface area contributed by atoms with Crippen LogP contribution in [0.25, 0.3) is 44.7 Å². The molecule has 5 heterocycles. The fourth-order valence-electron chi connectivity index (χ4n) is 8.44. The Balaban J connectivity index is 0.00000146. The molecular formula is C51H64ClN9O7. The molecule has 17 heteroatoms. The molecule has 0 spiro atoms. The molecule has 0 radical (unpaired) electrons. The van der Waals surface area contributed by atoms with Crippen molar-refractivity contribution in [3.63, 3.8) is 0 Å². The topological polar surface area (TPSA) is 200 Å². The van der Waals surface area contributed by atoms with Crippen LogP contribution in [0.5, 0.6) is 5.75 Å². The average molecular weight is 951 g/mol. The summed E-state index contributed by atoms with van der Waals surface area (Å²) in [5.41, 5.74) is 7.97. The highest BCUT2D eigenvalue weighted by Gasteiger charge is 2.35. The number of ether oxygens (including phenoxy) is 3. The molecule has 6 aromatic rings. The van der Waals surface area contributed by atoms with Crippen molar-refractivity contribution in [2.45, 2.75) is 98.9 Å². The molecule has 362 valence electrons. The number of halogens is 1. The van der Waals surface area contributed by atoms with Gasteiger partial charge in [0.05, 0.1) is 56.3 Å². The van der Waals surface area contributed by atoms with E-state index >= 15 is 0 Å². The zero-order valence-corrected chi connectivity index (χ0v) is 41.2. The second-order valence-electron chi connectivity index (χ2n) is 16.8. The first-order valence-corrected chi connectivity index (χ1v) is 23.8. The first-order chi connectivity index (χ1) is 32.9.